The monoisotopic (exact) mass is 636 g/mol. The molecule has 0 aromatic heterocycles. The summed E-state index contributed by atoms with van der Waals surface area (Å²) in [6, 6.07) is 12.6. The van der Waals surface area contributed by atoms with Crippen LogP contribution >= 0.6 is 46.4 Å². The van der Waals surface area contributed by atoms with Crippen LogP contribution in [0.1, 0.15) is 49.9 Å². The van der Waals surface area contributed by atoms with Gasteiger partial charge in [0.1, 0.15) is 6.04 Å². The Kier molecular flexibility index (Phi) is 9.99. The van der Waals surface area contributed by atoms with Gasteiger partial charge in [-0.3, -0.25) is 9.59 Å². The molecule has 2 unspecified atom stereocenters. The van der Waals surface area contributed by atoms with E-state index in [2.05, 4.69) is 21.3 Å². The second kappa shape index (κ2) is 13.4. The molecule has 9 nitrogen and oxygen atoms in total. The van der Waals surface area contributed by atoms with E-state index in [1.54, 1.807) is 30.3 Å². The van der Waals surface area contributed by atoms with Crippen molar-refractivity contribution in [1.82, 2.24) is 21.3 Å². The number of aliphatic carboxylic acids is 1. The lowest BCUT2D eigenvalue weighted by Gasteiger charge is -2.19. The zero-order valence-electron chi connectivity index (χ0n) is 21.3. The predicted molar refractivity (Wildman–Crippen MR) is 157 cm³/mol. The predicted octanol–water partition coefficient (Wildman–Crippen LogP) is 5.40. The smallest absolute Gasteiger partial charge is 0.328 e. The Bertz CT molecular complexity index is 1490. The van der Waals surface area contributed by atoms with Crippen LogP contribution in [-0.2, 0) is 17.8 Å². The van der Waals surface area contributed by atoms with Gasteiger partial charge in [0.05, 0.1) is 28.2 Å². The zero-order chi connectivity index (χ0) is 29.7. The third-order valence-corrected chi connectivity index (χ3v) is 7.50. The topological polar surface area (TPSA) is 137 Å². The SMILES string of the molecule is O=C(NCC(NC(=O)c1c(Cl)cc(C(=O)NCc2cccc(Cl)c2)cc1Cl)C(=O)O)NC1CCc2cc(Cl)ccc21. The minimum Gasteiger partial charge on any atom is -0.480 e. The van der Waals surface area contributed by atoms with Gasteiger partial charge < -0.3 is 26.4 Å². The van der Waals surface area contributed by atoms with Crippen molar-refractivity contribution in [3.8, 4) is 0 Å². The van der Waals surface area contributed by atoms with E-state index in [1.165, 1.54) is 12.1 Å². The lowest BCUT2D eigenvalue weighted by Crippen LogP contribution is -2.50. The maximum Gasteiger partial charge on any atom is 0.328 e. The number of rotatable bonds is 9. The molecule has 4 rings (SSSR count). The molecular formula is C28H24Cl4N4O5. The lowest BCUT2D eigenvalue weighted by atomic mass is 10.1. The molecule has 0 aliphatic heterocycles. The van der Waals surface area contributed by atoms with Gasteiger partial charge in [0.25, 0.3) is 11.8 Å². The molecule has 0 saturated heterocycles. The minimum absolute atomic E-state index is 0.0995. The van der Waals surface area contributed by atoms with Gasteiger partial charge in [0.2, 0.25) is 0 Å². The van der Waals surface area contributed by atoms with Crippen LogP contribution in [0.5, 0.6) is 0 Å². The highest BCUT2D eigenvalue weighted by molar-refractivity contribution is 6.40. The summed E-state index contributed by atoms with van der Waals surface area (Å²) < 4.78 is 0. The summed E-state index contributed by atoms with van der Waals surface area (Å²) in [7, 11) is 0. The van der Waals surface area contributed by atoms with E-state index in [4.69, 9.17) is 46.4 Å². The zero-order valence-corrected chi connectivity index (χ0v) is 24.3. The fraction of sp³-hybridized carbons (Fsp3) is 0.214. The Hall–Kier alpha value is -3.50. The number of carbonyl (C=O) groups excluding carboxylic acids is 3. The van der Waals surface area contributed by atoms with Crippen LogP contribution in [0.2, 0.25) is 20.1 Å². The maximum atomic E-state index is 12.9. The number of hydrogen-bond acceptors (Lipinski definition) is 4. The molecule has 0 radical (unpaired) electrons. The Labute approximate surface area is 255 Å². The molecule has 0 saturated carbocycles. The van der Waals surface area contributed by atoms with Crippen molar-refractivity contribution in [2.24, 2.45) is 0 Å². The number of halogens is 4. The molecule has 1 aliphatic carbocycles. The highest BCUT2D eigenvalue weighted by atomic mass is 35.5. The Balaban J connectivity index is 1.35. The summed E-state index contributed by atoms with van der Waals surface area (Å²) in [6.07, 6.45) is 1.42. The van der Waals surface area contributed by atoms with Crippen LogP contribution < -0.4 is 21.3 Å². The molecule has 3 aromatic carbocycles. The third kappa shape index (κ3) is 7.83. The van der Waals surface area contributed by atoms with E-state index in [1.807, 2.05) is 12.1 Å². The number of carboxylic acid groups (broad SMARTS) is 1. The molecule has 0 heterocycles. The van der Waals surface area contributed by atoms with E-state index < -0.39 is 36.4 Å². The number of urea groups is 1. The first-order valence-corrected chi connectivity index (χ1v) is 13.9. The molecule has 0 bridgehead atoms. The first-order valence-electron chi connectivity index (χ1n) is 12.4. The van der Waals surface area contributed by atoms with Crippen LogP contribution in [0, 0.1) is 0 Å². The Morgan fingerprint density at radius 2 is 1.59 bits per heavy atom. The van der Waals surface area contributed by atoms with Crippen LogP contribution in [0.3, 0.4) is 0 Å². The number of fused-ring (bicyclic) bond motifs is 1. The molecule has 5 N–H and O–H groups in total. The lowest BCUT2D eigenvalue weighted by molar-refractivity contribution is -0.139. The van der Waals surface area contributed by atoms with E-state index in [0.29, 0.717) is 16.5 Å². The fourth-order valence-electron chi connectivity index (χ4n) is 4.42. The van der Waals surface area contributed by atoms with Crippen LogP contribution in [0.25, 0.3) is 0 Å². The summed E-state index contributed by atoms with van der Waals surface area (Å²) >= 11 is 24.5. The average molecular weight is 638 g/mol. The van der Waals surface area contributed by atoms with Crippen LogP contribution in [0.15, 0.2) is 54.6 Å². The first kappa shape index (κ1) is 30.5. The van der Waals surface area contributed by atoms with Crippen molar-refractivity contribution in [3.63, 3.8) is 0 Å². The molecule has 41 heavy (non-hydrogen) atoms. The molecule has 0 fully saturated rings. The number of hydrogen-bond donors (Lipinski definition) is 5. The van der Waals surface area contributed by atoms with Gasteiger partial charge in [-0.15, -0.1) is 0 Å². The first-order chi connectivity index (χ1) is 19.5. The highest BCUT2D eigenvalue weighted by Gasteiger charge is 2.27. The normalized spacial score (nSPS) is 14.5. The van der Waals surface area contributed by atoms with Gasteiger partial charge in [0, 0.05) is 22.2 Å². The Morgan fingerprint density at radius 3 is 2.27 bits per heavy atom. The number of carboxylic acids is 1. The van der Waals surface area contributed by atoms with Crippen molar-refractivity contribution in [3.05, 3.63) is 103 Å². The Morgan fingerprint density at radius 1 is 0.878 bits per heavy atom. The van der Waals surface area contributed by atoms with E-state index in [9.17, 15) is 24.3 Å². The molecule has 4 amide bonds. The number of aryl methyl sites for hydroxylation is 1. The third-order valence-electron chi connectivity index (χ3n) is 6.43. The van der Waals surface area contributed by atoms with Crippen LogP contribution in [0.4, 0.5) is 4.79 Å². The highest BCUT2D eigenvalue weighted by Crippen LogP contribution is 2.32. The average Bonchev–Trinajstić information content (AvgIpc) is 3.30. The molecule has 0 spiro atoms. The van der Waals surface area contributed by atoms with Gasteiger partial charge >= 0.3 is 12.0 Å². The van der Waals surface area contributed by atoms with Gasteiger partial charge in [0.15, 0.2) is 0 Å². The second-order valence-electron chi connectivity index (χ2n) is 9.28. The number of nitrogens with one attached hydrogen (secondary N) is 4. The van der Waals surface area contributed by atoms with Crippen LogP contribution in [-0.4, -0.2) is 41.5 Å². The van der Waals surface area contributed by atoms with E-state index >= 15 is 0 Å². The van der Waals surface area contributed by atoms with Crippen molar-refractivity contribution < 1.29 is 24.3 Å². The minimum atomic E-state index is -1.49. The van der Waals surface area contributed by atoms with Gasteiger partial charge in [-0.05, 0) is 65.9 Å². The van der Waals surface area contributed by atoms with Crippen molar-refractivity contribution in [2.45, 2.75) is 31.5 Å². The molecule has 214 valence electrons. The quantitative estimate of drug-likeness (QED) is 0.214. The number of benzene rings is 3. The summed E-state index contributed by atoms with van der Waals surface area (Å²) in [5.41, 5.74) is 2.65. The number of amides is 4. The second-order valence-corrected chi connectivity index (χ2v) is 11.0. The van der Waals surface area contributed by atoms with Gasteiger partial charge in [-0.1, -0.05) is 64.6 Å². The van der Waals surface area contributed by atoms with Crippen molar-refractivity contribution in [1.29, 1.82) is 0 Å². The summed E-state index contributed by atoms with van der Waals surface area (Å²) in [4.78, 5) is 49.8. The van der Waals surface area contributed by atoms with Crippen molar-refractivity contribution in [2.75, 3.05) is 6.54 Å². The molecular weight excluding hydrogens is 614 g/mol. The molecule has 3 aromatic rings. The summed E-state index contributed by atoms with van der Waals surface area (Å²) in [6.45, 7) is -0.217. The standard InChI is InChI=1S/C28H24Cl4N4O5/c29-17-3-1-2-14(8-17)12-33-25(37)16-10-20(31)24(21(32)11-16)26(38)35-23(27(39)40)13-34-28(41)36-22-7-4-15-9-18(30)5-6-19(15)22/h1-3,5-6,8-11,22-23H,4,7,12-13H2,(H,33,37)(H,35,38)(H,39,40)(H2,34,36,41). The molecule has 13 heteroatoms. The maximum absolute atomic E-state index is 12.9. The molecule has 2 atom stereocenters. The summed E-state index contributed by atoms with van der Waals surface area (Å²) in [5, 5.41) is 20.8. The fourth-order valence-corrected chi connectivity index (χ4v) is 5.49. The summed E-state index contributed by atoms with van der Waals surface area (Å²) in [5.74, 6) is -2.77. The van der Waals surface area contributed by atoms with Crippen molar-refractivity contribution >= 4 is 70.2 Å². The van der Waals surface area contributed by atoms with E-state index in [0.717, 1.165) is 23.1 Å². The van der Waals surface area contributed by atoms with Gasteiger partial charge in [-0.2, -0.15) is 0 Å². The largest absolute Gasteiger partial charge is 0.480 e. The number of carbonyl (C=O) groups is 4. The van der Waals surface area contributed by atoms with Gasteiger partial charge in [-0.25, -0.2) is 9.59 Å². The van der Waals surface area contributed by atoms with E-state index in [-0.39, 0.29) is 33.8 Å². The molecule has 1 aliphatic rings.